The van der Waals surface area contributed by atoms with Gasteiger partial charge in [-0.05, 0) is 11.4 Å². The quantitative estimate of drug-likeness (QED) is 0.831. The monoisotopic (exact) mass is 271 g/mol. The Hall–Kier alpha value is -1.60. The van der Waals surface area contributed by atoms with Gasteiger partial charge in [0, 0.05) is 13.0 Å². The number of carboxylic acids is 1. The summed E-state index contributed by atoms with van der Waals surface area (Å²) in [7, 11) is 1.45. The summed E-state index contributed by atoms with van der Waals surface area (Å²) in [5.74, 6) is -1.09. The second kappa shape index (κ2) is 4.95. The Kier molecular flexibility index (Phi) is 3.53. The van der Waals surface area contributed by atoms with Crippen LogP contribution in [0.25, 0.3) is 0 Å². The number of ether oxygens (including phenoxy) is 1. The fourth-order valence-corrected chi connectivity index (χ4v) is 2.83. The number of aliphatic carboxylic acids is 1. The zero-order valence-corrected chi connectivity index (χ0v) is 10.5. The maximum Gasteiger partial charge on any atom is 0.326 e. The number of aliphatic hydroxyl groups excluding tert-OH is 1. The van der Waals surface area contributed by atoms with Gasteiger partial charge < -0.3 is 19.8 Å². The molecule has 0 saturated carbocycles. The van der Waals surface area contributed by atoms with Gasteiger partial charge in [-0.1, -0.05) is 0 Å². The Morgan fingerprint density at radius 3 is 2.89 bits per heavy atom. The summed E-state index contributed by atoms with van der Waals surface area (Å²) >= 11 is 1.19. The number of hydrogen-bond acceptors (Lipinski definition) is 5. The van der Waals surface area contributed by atoms with Gasteiger partial charge in [0.2, 0.25) is 0 Å². The lowest BCUT2D eigenvalue weighted by Crippen LogP contribution is -2.40. The first-order chi connectivity index (χ1) is 8.54. The molecule has 2 atom stereocenters. The third kappa shape index (κ3) is 2.19. The molecule has 0 aliphatic carbocycles. The van der Waals surface area contributed by atoms with Gasteiger partial charge in [-0.15, -0.1) is 11.3 Å². The lowest BCUT2D eigenvalue weighted by molar-refractivity contribution is -0.141. The van der Waals surface area contributed by atoms with Crippen LogP contribution in [0.1, 0.15) is 16.1 Å². The van der Waals surface area contributed by atoms with Gasteiger partial charge in [-0.2, -0.15) is 0 Å². The SMILES string of the molecule is COc1ccsc1C(=O)N1C[C@H](O)C[C@@H]1C(=O)O. The minimum absolute atomic E-state index is 0.0385. The van der Waals surface area contributed by atoms with Gasteiger partial charge in [0.05, 0.1) is 13.2 Å². The predicted molar refractivity (Wildman–Crippen MR) is 64.0 cm³/mol. The van der Waals surface area contributed by atoms with E-state index in [0.29, 0.717) is 10.6 Å². The number of β-amino-alcohol motifs (C(OH)–C–C–N with tert-alkyl or cyclic N) is 1. The highest BCUT2D eigenvalue weighted by atomic mass is 32.1. The fraction of sp³-hybridized carbons (Fsp3) is 0.455. The molecule has 2 heterocycles. The van der Waals surface area contributed by atoms with Crippen molar-refractivity contribution in [3.05, 3.63) is 16.3 Å². The van der Waals surface area contributed by atoms with E-state index in [2.05, 4.69) is 0 Å². The number of carboxylic acid groups (broad SMARTS) is 1. The first-order valence-electron chi connectivity index (χ1n) is 5.38. The van der Waals surface area contributed by atoms with Gasteiger partial charge >= 0.3 is 5.97 Å². The van der Waals surface area contributed by atoms with Crippen LogP contribution in [0.2, 0.25) is 0 Å². The van der Waals surface area contributed by atoms with Crippen LogP contribution in [0.4, 0.5) is 0 Å². The molecule has 1 aliphatic heterocycles. The minimum atomic E-state index is -1.10. The Balaban J connectivity index is 2.25. The van der Waals surface area contributed by atoms with Gasteiger partial charge in [-0.3, -0.25) is 4.79 Å². The molecule has 0 aromatic carbocycles. The molecule has 18 heavy (non-hydrogen) atoms. The Morgan fingerprint density at radius 2 is 2.28 bits per heavy atom. The average Bonchev–Trinajstić information content (AvgIpc) is 2.93. The third-order valence-electron chi connectivity index (χ3n) is 2.87. The highest BCUT2D eigenvalue weighted by Crippen LogP contribution is 2.29. The molecule has 0 bridgehead atoms. The summed E-state index contributed by atoms with van der Waals surface area (Å²) in [6.45, 7) is 0.0385. The minimum Gasteiger partial charge on any atom is -0.495 e. The summed E-state index contributed by atoms with van der Waals surface area (Å²) in [5.41, 5.74) is 0. The first-order valence-corrected chi connectivity index (χ1v) is 6.26. The van der Waals surface area contributed by atoms with Crippen LogP contribution >= 0.6 is 11.3 Å². The average molecular weight is 271 g/mol. The lowest BCUT2D eigenvalue weighted by Gasteiger charge is -2.20. The molecule has 1 amide bonds. The number of rotatable bonds is 3. The van der Waals surface area contributed by atoms with Crippen molar-refractivity contribution in [3.63, 3.8) is 0 Å². The molecule has 1 fully saturated rings. The summed E-state index contributed by atoms with van der Waals surface area (Å²) in [6.07, 6.45) is -0.726. The highest BCUT2D eigenvalue weighted by molar-refractivity contribution is 7.12. The molecular weight excluding hydrogens is 258 g/mol. The summed E-state index contributed by atoms with van der Waals surface area (Å²) < 4.78 is 5.04. The van der Waals surface area contributed by atoms with Crippen molar-refractivity contribution in [3.8, 4) is 5.75 Å². The number of carbonyl (C=O) groups excluding carboxylic acids is 1. The molecule has 0 radical (unpaired) electrons. The van der Waals surface area contributed by atoms with Crippen molar-refractivity contribution in [2.45, 2.75) is 18.6 Å². The van der Waals surface area contributed by atoms with E-state index in [4.69, 9.17) is 9.84 Å². The summed E-state index contributed by atoms with van der Waals surface area (Å²) in [5, 5.41) is 20.3. The zero-order chi connectivity index (χ0) is 13.3. The van der Waals surface area contributed by atoms with Gasteiger partial charge in [0.25, 0.3) is 5.91 Å². The number of amides is 1. The van der Waals surface area contributed by atoms with E-state index in [0.717, 1.165) is 0 Å². The molecule has 98 valence electrons. The molecule has 0 unspecified atom stereocenters. The van der Waals surface area contributed by atoms with E-state index in [1.165, 1.54) is 23.3 Å². The lowest BCUT2D eigenvalue weighted by atomic mass is 10.2. The van der Waals surface area contributed by atoms with Gasteiger partial charge in [0.1, 0.15) is 16.7 Å². The van der Waals surface area contributed by atoms with Crippen LogP contribution in [0.15, 0.2) is 11.4 Å². The summed E-state index contributed by atoms with van der Waals surface area (Å²) in [4.78, 5) is 24.8. The third-order valence-corrected chi connectivity index (χ3v) is 3.75. The Morgan fingerprint density at radius 1 is 1.56 bits per heavy atom. The number of aliphatic hydroxyl groups is 1. The van der Waals surface area contributed by atoms with Crippen molar-refractivity contribution in [2.75, 3.05) is 13.7 Å². The van der Waals surface area contributed by atoms with E-state index < -0.39 is 24.0 Å². The van der Waals surface area contributed by atoms with Crippen LogP contribution in [0.5, 0.6) is 5.75 Å². The van der Waals surface area contributed by atoms with Crippen LogP contribution < -0.4 is 4.74 Å². The molecule has 0 spiro atoms. The smallest absolute Gasteiger partial charge is 0.326 e. The number of carbonyl (C=O) groups is 2. The maximum absolute atomic E-state index is 12.2. The van der Waals surface area contributed by atoms with Gasteiger partial charge in [-0.25, -0.2) is 4.79 Å². The number of thiophene rings is 1. The first kappa shape index (κ1) is 12.8. The van der Waals surface area contributed by atoms with Crippen LogP contribution in [-0.2, 0) is 4.79 Å². The molecular formula is C11H13NO5S. The van der Waals surface area contributed by atoms with Crippen LogP contribution in [0, 0.1) is 0 Å². The maximum atomic E-state index is 12.2. The normalized spacial score (nSPS) is 23.1. The predicted octanol–water partition coefficient (Wildman–Crippen LogP) is 0.417. The topological polar surface area (TPSA) is 87.1 Å². The molecule has 1 aromatic rings. The van der Waals surface area contributed by atoms with Gasteiger partial charge in [0.15, 0.2) is 0 Å². The van der Waals surface area contributed by atoms with E-state index >= 15 is 0 Å². The Bertz CT molecular complexity index is 472. The molecule has 7 heteroatoms. The van der Waals surface area contributed by atoms with E-state index in [9.17, 15) is 14.7 Å². The van der Waals surface area contributed by atoms with E-state index in [1.54, 1.807) is 11.4 Å². The molecule has 1 aliphatic rings. The molecule has 6 nitrogen and oxygen atoms in total. The summed E-state index contributed by atoms with van der Waals surface area (Å²) in [6, 6.07) is 0.680. The van der Waals surface area contributed by atoms with Crippen molar-refractivity contribution in [1.82, 2.24) is 4.90 Å². The molecule has 2 rings (SSSR count). The number of nitrogens with zero attached hydrogens (tertiary/aromatic N) is 1. The largest absolute Gasteiger partial charge is 0.495 e. The van der Waals surface area contributed by atoms with Crippen molar-refractivity contribution >= 4 is 23.2 Å². The number of methoxy groups -OCH3 is 1. The zero-order valence-electron chi connectivity index (χ0n) is 9.70. The standard InChI is InChI=1S/C11H13NO5S/c1-17-8-2-3-18-9(8)10(14)12-5-6(13)4-7(12)11(15)16/h2-3,6-7,13H,4-5H2,1H3,(H,15,16)/t6-,7-/m1/s1. The number of likely N-dealkylation sites (tertiary alicyclic amines) is 1. The van der Waals surface area contributed by atoms with E-state index in [1.807, 2.05) is 0 Å². The van der Waals surface area contributed by atoms with Crippen molar-refractivity contribution < 1.29 is 24.5 Å². The Labute approximate surface area is 107 Å². The molecule has 1 saturated heterocycles. The van der Waals surface area contributed by atoms with Crippen molar-refractivity contribution in [2.24, 2.45) is 0 Å². The molecule has 1 aromatic heterocycles. The van der Waals surface area contributed by atoms with E-state index in [-0.39, 0.29) is 13.0 Å². The highest BCUT2D eigenvalue weighted by Gasteiger charge is 2.40. The second-order valence-electron chi connectivity index (χ2n) is 4.02. The molecule has 2 N–H and O–H groups in total. The van der Waals surface area contributed by atoms with Crippen molar-refractivity contribution in [1.29, 1.82) is 0 Å². The van der Waals surface area contributed by atoms with Crippen LogP contribution in [-0.4, -0.2) is 52.8 Å². The fourth-order valence-electron chi connectivity index (χ4n) is 2.02. The second-order valence-corrected chi connectivity index (χ2v) is 4.94. The number of hydrogen-bond donors (Lipinski definition) is 2. The van der Waals surface area contributed by atoms with Crippen LogP contribution in [0.3, 0.4) is 0 Å².